The Balaban J connectivity index is 1.57. The summed E-state index contributed by atoms with van der Waals surface area (Å²) in [5.74, 6) is -0.876. The summed E-state index contributed by atoms with van der Waals surface area (Å²) in [5.41, 5.74) is 1.52. The van der Waals surface area contributed by atoms with Crippen molar-refractivity contribution < 1.29 is 24.0 Å². The molecule has 9 nitrogen and oxygen atoms in total. The van der Waals surface area contributed by atoms with Crippen molar-refractivity contribution in [2.75, 3.05) is 12.0 Å². The number of β-lactam (4-membered cyclic amide) rings is 1. The Morgan fingerprint density at radius 1 is 0.788 bits per heavy atom. The first-order valence-corrected chi connectivity index (χ1v) is 10.1. The molecule has 0 aromatic heterocycles. The molecule has 164 valence electrons. The monoisotopic (exact) mass is 443 g/mol. The minimum absolute atomic E-state index is 0.0994. The lowest BCUT2D eigenvalue weighted by Crippen LogP contribution is -2.67. The van der Waals surface area contributed by atoms with E-state index in [0.717, 1.165) is 4.90 Å². The van der Waals surface area contributed by atoms with Crippen LogP contribution in [-0.4, -0.2) is 40.7 Å². The van der Waals surface area contributed by atoms with Crippen LogP contribution in [0.5, 0.6) is 5.75 Å². The molecule has 0 radical (unpaired) electrons. The summed E-state index contributed by atoms with van der Waals surface area (Å²) in [6.07, 6.45) is 0. The number of ether oxygens (including phenoxy) is 1. The largest absolute Gasteiger partial charge is 0.497 e. The van der Waals surface area contributed by atoms with Gasteiger partial charge in [0.25, 0.3) is 23.4 Å². The molecule has 0 saturated carbocycles. The van der Waals surface area contributed by atoms with Gasteiger partial charge in [-0.25, -0.2) is 0 Å². The van der Waals surface area contributed by atoms with Crippen LogP contribution >= 0.6 is 0 Å². The Labute approximate surface area is 187 Å². The number of anilines is 1. The van der Waals surface area contributed by atoms with Crippen molar-refractivity contribution in [1.82, 2.24) is 4.90 Å². The number of amides is 3. The molecule has 1 saturated heterocycles. The van der Waals surface area contributed by atoms with Gasteiger partial charge in [-0.1, -0.05) is 24.3 Å². The Morgan fingerprint density at radius 3 is 1.88 bits per heavy atom. The zero-order valence-electron chi connectivity index (χ0n) is 17.4. The Morgan fingerprint density at radius 2 is 1.36 bits per heavy atom. The lowest BCUT2D eigenvalue weighted by Gasteiger charge is -2.49. The van der Waals surface area contributed by atoms with Crippen LogP contribution in [0.25, 0.3) is 0 Å². The van der Waals surface area contributed by atoms with Crippen LogP contribution in [0.15, 0.2) is 72.8 Å². The van der Waals surface area contributed by atoms with Gasteiger partial charge in [-0.3, -0.25) is 29.4 Å². The van der Waals surface area contributed by atoms with Crippen LogP contribution in [0.1, 0.15) is 32.3 Å². The van der Waals surface area contributed by atoms with Gasteiger partial charge in [0.1, 0.15) is 11.8 Å². The summed E-state index contributed by atoms with van der Waals surface area (Å²) in [6.45, 7) is 0. The smallest absolute Gasteiger partial charge is 0.269 e. The number of hydrogen-bond donors (Lipinski definition) is 0. The molecular formula is C24H17N3O6. The maximum atomic E-state index is 13.3. The molecule has 1 fully saturated rings. The summed E-state index contributed by atoms with van der Waals surface area (Å²) in [4.78, 5) is 52.5. The third-order valence-electron chi connectivity index (χ3n) is 5.97. The highest BCUT2D eigenvalue weighted by Gasteiger charge is 2.57. The number of imide groups is 1. The van der Waals surface area contributed by atoms with Crippen molar-refractivity contribution >= 4 is 29.1 Å². The molecule has 0 aliphatic carbocycles. The van der Waals surface area contributed by atoms with Crippen molar-refractivity contribution in [2.24, 2.45) is 0 Å². The van der Waals surface area contributed by atoms with Gasteiger partial charge < -0.3 is 9.64 Å². The van der Waals surface area contributed by atoms with E-state index in [4.69, 9.17) is 4.74 Å². The Bertz CT molecular complexity index is 1270. The minimum Gasteiger partial charge on any atom is -0.497 e. The van der Waals surface area contributed by atoms with Gasteiger partial charge in [-0.05, 0) is 42.0 Å². The average Bonchev–Trinajstić information content (AvgIpc) is 3.08. The van der Waals surface area contributed by atoms with Gasteiger partial charge in [0.15, 0.2) is 0 Å². The normalized spacial score (nSPS) is 19.4. The number of nitrogens with zero attached hydrogens (tertiary/aromatic N) is 3. The minimum atomic E-state index is -1.07. The molecule has 2 atom stereocenters. The maximum Gasteiger partial charge on any atom is 0.269 e. The fourth-order valence-corrected chi connectivity index (χ4v) is 4.34. The van der Waals surface area contributed by atoms with E-state index in [9.17, 15) is 24.5 Å². The van der Waals surface area contributed by atoms with Gasteiger partial charge in [0.2, 0.25) is 0 Å². The van der Waals surface area contributed by atoms with E-state index in [1.165, 1.54) is 36.3 Å². The number of rotatable bonds is 5. The predicted octanol–water partition coefficient (Wildman–Crippen LogP) is 3.36. The zero-order valence-corrected chi connectivity index (χ0v) is 17.4. The molecule has 0 spiro atoms. The van der Waals surface area contributed by atoms with Gasteiger partial charge in [-0.15, -0.1) is 0 Å². The van der Waals surface area contributed by atoms with E-state index in [2.05, 4.69) is 0 Å². The van der Waals surface area contributed by atoms with Crippen molar-refractivity contribution in [3.63, 3.8) is 0 Å². The van der Waals surface area contributed by atoms with Crippen molar-refractivity contribution in [3.05, 3.63) is 99.6 Å². The molecule has 2 aliphatic rings. The van der Waals surface area contributed by atoms with E-state index in [1.807, 2.05) is 0 Å². The standard InChI is InChI=1S/C24H17N3O6/c1-33-17-12-10-15(11-13-17)25-20(14-6-8-16(9-7-14)27(31)32)21(24(25)30)26-22(28)18-4-2-3-5-19(18)23(26)29/h2-13,20-21H,1H3/t20-,21+/m1/s1. The van der Waals surface area contributed by atoms with E-state index in [1.54, 1.807) is 48.5 Å². The summed E-state index contributed by atoms with van der Waals surface area (Å²) in [6, 6.07) is 17.2. The lowest BCUT2D eigenvalue weighted by atomic mass is 9.86. The van der Waals surface area contributed by atoms with E-state index < -0.39 is 34.7 Å². The third kappa shape index (κ3) is 3.05. The molecule has 2 aliphatic heterocycles. The zero-order chi connectivity index (χ0) is 23.3. The molecule has 0 bridgehead atoms. The molecule has 3 aromatic rings. The SMILES string of the molecule is COc1ccc(N2C(=O)[C@@H](N3C(=O)c4ccccc4C3=O)[C@H]2c2ccc([N+](=O)[O-])cc2)cc1. The van der Waals surface area contributed by atoms with Crippen LogP contribution in [0.2, 0.25) is 0 Å². The van der Waals surface area contributed by atoms with E-state index >= 15 is 0 Å². The second kappa shape index (κ2) is 7.56. The van der Waals surface area contributed by atoms with Crippen LogP contribution in [-0.2, 0) is 4.79 Å². The van der Waals surface area contributed by atoms with Crippen molar-refractivity contribution in [2.45, 2.75) is 12.1 Å². The van der Waals surface area contributed by atoms with Gasteiger partial charge >= 0.3 is 0 Å². The first-order chi connectivity index (χ1) is 15.9. The average molecular weight is 443 g/mol. The van der Waals surface area contributed by atoms with Crippen LogP contribution in [0, 0.1) is 10.1 Å². The van der Waals surface area contributed by atoms with Gasteiger partial charge in [0.05, 0.1) is 29.2 Å². The van der Waals surface area contributed by atoms with Crippen LogP contribution < -0.4 is 9.64 Å². The maximum absolute atomic E-state index is 13.3. The fourth-order valence-electron chi connectivity index (χ4n) is 4.34. The molecule has 5 rings (SSSR count). The molecule has 33 heavy (non-hydrogen) atoms. The number of non-ortho nitro benzene ring substituents is 1. The first kappa shape index (κ1) is 20.4. The lowest BCUT2D eigenvalue weighted by molar-refractivity contribution is -0.384. The second-order valence-electron chi connectivity index (χ2n) is 7.67. The predicted molar refractivity (Wildman–Crippen MR) is 117 cm³/mol. The molecule has 2 heterocycles. The first-order valence-electron chi connectivity index (χ1n) is 10.1. The quantitative estimate of drug-likeness (QED) is 0.259. The Kier molecular flexibility index (Phi) is 4.67. The van der Waals surface area contributed by atoms with Gasteiger partial charge in [-0.2, -0.15) is 0 Å². The summed E-state index contributed by atoms with van der Waals surface area (Å²) in [7, 11) is 1.53. The Hall–Kier alpha value is -4.53. The number of benzene rings is 3. The topological polar surface area (TPSA) is 110 Å². The number of carbonyl (C=O) groups is 3. The highest BCUT2D eigenvalue weighted by molar-refractivity contribution is 6.24. The number of fused-ring (bicyclic) bond motifs is 1. The number of hydrogen-bond acceptors (Lipinski definition) is 6. The molecule has 0 unspecified atom stereocenters. The number of nitro groups is 1. The van der Waals surface area contributed by atoms with Crippen LogP contribution in [0.3, 0.4) is 0 Å². The third-order valence-corrected chi connectivity index (χ3v) is 5.97. The molecule has 3 amide bonds. The number of methoxy groups -OCH3 is 1. The van der Waals surface area contributed by atoms with Crippen LogP contribution in [0.4, 0.5) is 11.4 Å². The summed E-state index contributed by atoms with van der Waals surface area (Å²) < 4.78 is 5.18. The van der Waals surface area contributed by atoms with E-state index in [0.29, 0.717) is 17.0 Å². The second-order valence-corrected chi connectivity index (χ2v) is 7.67. The summed E-state index contributed by atoms with van der Waals surface area (Å²) >= 11 is 0. The number of carbonyl (C=O) groups excluding carboxylic acids is 3. The van der Waals surface area contributed by atoms with E-state index in [-0.39, 0.29) is 16.8 Å². The molecule has 3 aromatic carbocycles. The highest BCUT2D eigenvalue weighted by Crippen LogP contribution is 2.44. The summed E-state index contributed by atoms with van der Waals surface area (Å²) in [5, 5.41) is 11.1. The molecule has 0 N–H and O–H groups in total. The highest BCUT2D eigenvalue weighted by atomic mass is 16.6. The fraction of sp³-hybridized carbons (Fsp3) is 0.125. The molecule has 9 heteroatoms. The number of nitro benzene ring substituents is 1. The van der Waals surface area contributed by atoms with Crippen molar-refractivity contribution in [3.8, 4) is 5.75 Å². The molecular weight excluding hydrogens is 426 g/mol. The van der Waals surface area contributed by atoms with Gasteiger partial charge in [0, 0.05) is 17.8 Å². The van der Waals surface area contributed by atoms with Crippen molar-refractivity contribution in [1.29, 1.82) is 0 Å².